The van der Waals surface area contributed by atoms with E-state index in [-0.39, 0.29) is 5.82 Å². The van der Waals surface area contributed by atoms with Gasteiger partial charge < -0.3 is 10.1 Å². The molecule has 2 rings (SSSR count). The summed E-state index contributed by atoms with van der Waals surface area (Å²) in [4.78, 5) is 28.5. The lowest BCUT2D eigenvalue weighted by Crippen LogP contribution is -2.20. The molecule has 8 heteroatoms. The molecule has 0 atom stereocenters. The molecular formula is C11H10N2O5S. The van der Waals surface area contributed by atoms with Gasteiger partial charge in [0.2, 0.25) is 0 Å². The average molecular weight is 282 g/mol. The zero-order chi connectivity index (χ0) is 14.0. The predicted octanol–water partition coefficient (Wildman–Crippen LogP) is -0.0775. The molecule has 7 nitrogen and oxygen atoms in total. The molecule has 0 saturated heterocycles. The Labute approximate surface area is 107 Å². The lowest BCUT2D eigenvalue weighted by Gasteiger charge is -2.03. The summed E-state index contributed by atoms with van der Waals surface area (Å²) in [5.74, 6) is -3.11. The number of benzene rings is 1. The number of nitrogens with zero attached hydrogens (tertiary/aromatic N) is 1. The van der Waals surface area contributed by atoms with Gasteiger partial charge in [-0.25, -0.2) is 13.4 Å². The summed E-state index contributed by atoms with van der Waals surface area (Å²) in [5.41, 5.74) is -0.0853. The van der Waals surface area contributed by atoms with Gasteiger partial charge in [-0.15, -0.1) is 0 Å². The van der Waals surface area contributed by atoms with Crippen LogP contribution in [-0.2, 0) is 20.4 Å². The summed E-state index contributed by atoms with van der Waals surface area (Å²) < 4.78 is 23.0. The van der Waals surface area contributed by atoms with Crippen molar-refractivity contribution in [2.45, 2.75) is 5.75 Å². The van der Waals surface area contributed by atoms with Gasteiger partial charge in [0.1, 0.15) is 17.3 Å². The number of sulfone groups is 1. The Morgan fingerprint density at radius 3 is 2.68 bits per heavy atom. The molecule has 0 aliphatic rings. The highest BCUT2D eigenvalue weighted by Gasteiger charge is 2.18. The van der Waals surface area contributed by atoms with Gasteiger partial charge in [-0.3, -0.25) is 9.59 Å². The molecule has 19 heavy (non-hydrogen) atoms. The van der Waals surface area contributed by atoms with Crippen LogP contribution in [0.1, 0.15) is 5.82 Å². The minimum atomic E-state index is -3.85. The van der Waals surface area contributed by atoms with Crippen molar-refractivity contribution in [2.75, 3.05) is 5.75 Å². The maximum absolute atomic E-state index is 11.7. The van der Waals surface area contributed by atoms with Crippen LogP contribution in [0.15, 0.2) is 29.1 Å². The smallest absolute Gasteiger partial charge is 0.318 e. The number of aromatic amines is 1. The molecule has 1 aromatic heterocycles. The number of aliphatic carboxylic acids is 1. The Bertz CT molecular complexity index is 794. The van der Waals surface area contributed by atoms with E-state index in [0.29, 0.717) is 10.9 Å². The second kappa shape index (κ2) is 4.81. The molecule has 0 aliphatic carbocycles. The van der Waals surface area contributed by atoms with Crippen LogP contribution in [0.4, 0.5) is 0 Å². The predicted molar refractivity (Wildman–Crippen MR) is 67.5 cm³/mol. The number of hydrogen-bond acceptors (Lipinski definition) is 5. The van der Waals surface area contributed by atoms with Gasteiger partial charge in [0.05, 0.1) is 10.9 Å². The molecule has 0 unspecified atom stereocenters. The van der Waals surface area contributed by atoms with E-state index in [1.807, 2.05) is 0 Å². The van der Waals surface area contributed by atoms with Crippen LogP contribution < -0.4 is 5.56 Å². The topological polar surface area (TPSA) is 117 Å². The highest BCUT2D eigenvalue weighted by atomic mass is 32.2. The van der Waals surface area contributed by atoms with E-state index in [2.05, 4.69) is 9.97 Å². The highest BCUT2D eigenvalue weighted by molar-refractivity contribution is 7.91. The molecule has 100 valence electrons. The molecule has 0 fully saturated rings. The molecule has 0 aliphatic heterocycles. The fraction of sp³-hybridized carbons (Fsp3) is 0.182. The number of para-hydroxylation sites is 1. The second-order valence-electron chi connectivity index (χ2n) is 3.96. The molecule has 1 aromatic carbocycles. The number of carbonyl (C=O) groups is 1. The van der Waals surface area contributed by atoms with Crippen molar-refractivity contribution in [3.63, 3.8) is 0 Å². The quantitative estimate of drug-likeness (QED) is 0.810. The number of nitrogens with one attached hydrogen (secondary N) is 1. The van der Waals surface area contributed by atoms with Gasteiger partial charge in [-0.05, 0) is 12.1 Å². The zero-order valence-electron chi connectivity index (χ0n) is 9.66. The second-order valence-corrected chi connectivity index (χ2v) is 6.02. The number of fused-ring (bicyclic) bond motifs is 1. The summed E-state index contributed by atoms with van der Waals surface area (Å²) in [6, 6.07) is 6.49. The van der Waals surface area contributed by atoms with Crippen molar-refractivity contribution in [1.29, 1.82) is 0 Å². The van der Waals surface area contributed by atoms with E-state index < -0.39 is 32.9 Å². The fourth-order valence-electron chi connectivity index (χ4n) is 1.65. The van der Waals surface area contributed by atoms with Crippen LogP contribution in [-0.4, -0.2) is 35.2 Å². The fourth-order valence-corrected chi connectivity index (χ4v) is 2.68. The lowest BCUT2D eigenvalue weighted by atomic mass is 10.2. The molecule has 0 spiro atoms. The molecule has 2 aromatic rings. The number of hydrogen-bond donors (Lipinski definition) is 2. The van der Waals surface area contributed by atoms with Crippen LogP contribution in [0.3, 0.4) is 0 Å². The summed E-state index contributed by atoms with van der Waals surface area (Å²) >= 11 is 0. The number of carboxylic acid groups (broad SMARTS) is 1. The first kappa shape index (κ1) is 13.2. The van der Waals surface area contributed by atoms with E-state index in [0.717, 1.165) is 0 Å². The van der Waals surface area contributed by atoms with Crippen molar-refractivity contribution in [2.24, 2.45) is 0 Å². The summed E-state index contributed by atoms with van der Waals surface area (Å²) in [5, 5.41) is 8.83. The van der Waals surface area contributed by atoms with Crippen LogP contribution in [0.2, 0.25) is 0 Å². The van der Waals surface area contributed by atoms with Crippen LogP contribution in [0.25, 0.3) is 10.9 Å². The van der Waals surface area contributed by atoms with E-state index in [4.69, 9.17) is 5.11 Å². The Balaban J connectivity index is 2.42. The number of aromatic nitrogens is 2. The van der Waals surface area contributed by atoms with Crippen LogP contribution in [0, 0.1) is 0 Å². The van der Waals surface area contributed by atoms with E-state index in [1.165, 1.54) is 0 Å². The first-order valence-electron chi connectivity index (χ1n) is 5.27. The van der Waals surface area contributed by atoms with Gasteiger partial charge in [0, 0.05) is 0 Å². The SMILES string of the molecule is O=C(O)CS(=O)(=O)Cc1nc2ccccc2c(=O)[nH]1. The molecule has 1 heterocycles. The number of H-pyrrole nitrogens is 1. The average Bonchev–Trinajstić information content (AvgIpc) is 2.26. The first-order valence-corrected chi connectivity index (χ1v) is 7.10. The Morgan fingerprint density at radius 1 is 1.32 bits per heavy atom. The van der Waals surface area contributed by atoms with E-state index in [9.17, 15) is 18.0 Å². The molecular weight excluding hydrogens is 272 g/mol. The van der Waals surface area contributed by atoms with Gasteiger partial charge in [-0.1, -0.05) is 12.1 Å². The van der Waals surface area contributed by atoms with Crippen molar-refractivity contribution in [3.8, 4) is 0 Å². The first-order chi connectivity index (χ1) is 8.87. The number of carboxylic acids is 1. The Kier molecular flexibility index (Phi) is 3.34. The lowest BCUT2D eigenvalue weighted by molar-refractivity contribution is -0.134. The summed E-state index contributed by atoms with van der Waals surface area (Å²) in [6.45, 7) is 0. The Hall–Kier alpha value is -2.22. The van der Waals surface area contributed by atoms with Gasteiger partial charge in [0.25, 0.3) is 5.56 Å². The third kappa shape index (κ3) is 3.16. The van der Waals surface area contributed by atoms with Crippen LogP contribution in [0.5, 0.6) is 0 Å². The van der Waals surface area contributed by atoms with Gasteiger partial charge >= 0.3 is 5.97 Å². The molecule has 0 saturated carbocycles. The Morgan fingerprint density at radius 2 is 2.00 bits per heavy atom. The van der Waals surface area contributed by atoms with Gasteiger partial charge in [-0.2, -0.15) is 0 Å². The molecule has 0 radical (unpaired) electrons. The third-order valence-corrected chi connectivity index (χ3v) is 3.76. The largest absolute Gasteiger partial charge is 0.480 e. The van der Waals surface area contributed by atoms with Crippen molar-refractivity contribution in [1.82, 2.24) is 9.97 Å². The summed E-state index contributed by atoms with van der Waals surface area (Å²) in [6.07, 6.45) is 0. The number of rotatable bonds is 4. The standard InChI is InChI=1S/C11H10N2O5S/c14-10(15)6-19(17,18)5-9-12-8-4-2-1-3-7(8)11(16)13-9/h1-4H,5-6H2,(H,14,15)(H,12,13,16). The van der Waals surface area contributed by atoms with E-state index >= 15 is 0 Å². The maximum Gasteiger partial charge on any atom is 0.318 e. The zero-order valence-corrected chi connectivity index (χ0v) is 10.5. The maximum atomic E-state index is 11.7. The third-order valence-electron chi connectivity index (χ3n) is 2.36. The van der Waals surface area contributed by atoms with Gasteiger partial charge in [0.15, 0.2) is 9.84 Å². The summed E-state index contributed by atoms with van der Waals surface area (Å²) in [7, 11) is -3.85. The minimum absolute atomic E-state index is 0.0649. The molecule has 2 N–H and O–H groups in total. The van der Waals surface area contributed by atoms with Crippen molar-refractivity contribution < 1.29 is 18.3 Å². The van der Waals surface area contributed by atoms with Crippen molar-refractivity contribution >= 4 is 26.7 Å². The molecule has 0 bridgehead atoms. The monoisotopic (exact) mass is 282 g/mol. The van der Waals surface area contributed by atoms with E-state index in [1.54, 1.807) is 24.3 Å². The normalized spacial score (nSPS) is 11.6. The molecule has 0 amide bonds. The van der Waals surface area contributed by atoms with Crippen LogP contribution >= 0.6 is 0 Å². The minimum Gasteiger partial charge on any atom is -0.480 e. The highest BCUT2D eigenvalue weighted by Crippen LogP contribution is 2.07. The van der Waals surface area contributed by atoms with Crippen molar-refractivity contribution in [3.05, 3.63) is 40.4 Å².